The van der Waals surface area contributed by atoms with E-state index in [1.54, 1.807) is 26.2 Å². The molecule has 194 valence electrons. The SMILES string of the molecule is C1CCOC1.CN(C)C(=O)[C@@H](N)Cc1cccc(N)c1.CN(Cl)C(=O)[C@@H](N)Cc1cccc(N)c1. The third kappa shape index (κ3) is 12.4. The number of hydrogen-bond donors (Lipinski definition) is 4. The molecule has 1 aliphatic rings. The molecule has 1 fully saturated rings. The number of nitrogens with zero attached hydrogens (tertiary/aromatic N) is 2. The lowest BCUT2D eigenvalue weighted by atomic mass is 10.1. The van der Waals surface area contributed by atoms with Crippen LogP contribution in [0.5, 0.6) is 0 Å². The van der Waals surface area contributed by atoms with E-state index in [4.69, 9.17) is 39.4 Å². The summed E-state index contributed by atoms with van der Waals surface area (Å²) in [5, 5.41) is 0. The molecule has 1 aliphatic heterocycles. The van der Waals surface area contributed by atoms with Crippen LogP contribution in [0, 0.1) is 0 Å². The number of likely N-dealkylation sites (N-methyl/N-ethyl adjacent to an activating group) is 2. The highest BCUT2D eigenvalue weighted by Crippen LogP contribution is 2.10. The Morgan fingerprint density at radius 1 is 0.857 bits per heavy atom. The van der Waals surface area contributed by atoms with Gasteiger partial charge in [-0.2, -0.15) is 0 Å². The summed E-state index contributed by atoms with van der Waals surface area (Å²) in [6.07, 6.45) is 3.50. The van der Waals surface area contributed by atoms with Crippen LogP contribution in [0.2, 0.25) is 0 Å². The zero-order chi connectivity index (χ0) is 26.4. The van der Waals surface area contributed by atoms with Gasteiger partial charge in [-0.25, -0.2) is 0 Å². The Labute approximate surface area is 213 Å². The Morgan fingerprint density at radius 2 is 1.29 bits per heavy atom. The van der Waals surface area contributed by atoms with Crippen molar-refractivity contribution >= 4 is 35.0 Å². The van der Waals surface area contributed by atoms with E-state index in [0.29, 0.717) is 24.2 Å². The van der Waals surface area contributed by atoms with E-state index in [9.17, 15) is 9.59 Å². The molecule has 1 heterocycles. The van der Waals surface area contributed by atoms with Gasteiger partial charge in [-0.05, 0) is 61.1 Å². The Balaban J connectivity index is 0.000000292. The van der Waals surface area contributed by atoms with Gasteiger partial charge in [-0.3, -0.25) is 14.0 Å². The van der Waals surface area contributed by atoms with Crippen molar-refractivity contribution in [3.05, 3.63) is 59.7 Å². The van der Waals surface area contributed by atoms with E-state index in [0.717, 1.165) is 28.8 Å². The molecule has 2 aromatic carbocycles. The highest BCUT2D eigenvalue weighted by molar-refractivity contribution is 6.21. The Kier molecular flexibility index (Phi) is 13.7. The number of nitrogen functional groups attached to an aromatic ring is 2. The maximum absolute atomic E-state index is 11.5. The van der Waals surface area contributed by atoms with E-state index in [1.165, 1.54) is 24.8 Å². The number of rotatable bonds is 6. The molecule has 0 aromatic heterocycles. The number of halogens is 1. The first-order valence-corrected chi connectivity index (χ1v) is 11.8. The summed E-state index contributed by atoms with van der Waals surface area (Å²) in [6.45, 7) is 2.00. The standard InChI is InChI=1S/C11H17N3O.C10H14ClN3O.C4H8O/c1-14(2)11(15)10(13)7-8-4-3-5-9(12)6-8;1-14(11)10(15)9(13)6-7-3-2-4-8(12)5-7;1-2-4-5-3-1/h3-6,10H,7,12-13H2,1-2H3;2-5,9H,6,12-13H2,1H3;1-4H2/t10-;9-;/m00./s1. The maximum atomic E-state index is 11.5. The minimum Gasteiger partial charge on any atom is -0.399 e. The molecular weight excluding hydrogens is 468 g/mol. The molecule has 9 nitrogen and oxygen atoms in total. The minimum atomic E-state index is -0.630. The van der Waals surface area contributed by atoms with E-state index in [1.807, 2.05) is 36.4 Å². The summed E-state index contributed by atoms with van der Waals surface area (Å²) in [6, 6.07) is 13.6. The molecule has 10 heteroatoms. The van der Waals surface area contributed by atoms with Gasteiger partial charge in [0.1, 0.15) is 0 Å². The third-order valence-corrected chi connectivity index (χ3v) is 5.19. The molecule has 8 N–H and O–H groups in total. The second kappa shape index (κ2) is 15.9. The van der Waals surface area contributed by atoms with Crippen molar-refractivity contribution in [3.63, 3.8) is 0 Å². The van der Waals surface area contributed by atoms with Gasteiger partial charge < -0.3 is 32.6 Å². The first-order valence-electron chi connectivity index (χ1n) is 11.4. The van der Waals surface area contributed by atoms with Crippen LogP contribution in [0.1, 0.15) is 24.0 Å². The first-order chi connectivity index (χ1) is 16.5. The van der Waals surface area contributed by atoms with E-state index in [2.05, 4.69) is 0 Å². The summed E-state index contributed by atoms with van der Waals surface area (Å²) in [4.78, 5) is 24.4. The number of amides is 2. The zero-order valence-corrected chi connectivity index (χ0v) is 21.6. The third-order valence-electron chi connectivity index (χ3n) is 5.02. The molecule has 0 spiro atoms. The fourth-order valence-corrected chi connectivity index (χ4v) is 3.32. The van der Waals surface area contributed by atoms with Crippen molar-refractivity contribution in [2.24, 2.45) is 11.5 Å². The quantitative estimate of drug-likeness (QED) is 0.344. The summed E-state index contributed by atoms with van der Waals surface area (Å²) in [7, 11) is 4.85. The van der Waals surface area contributed by atoms with Gasteiger partial charge in [0.05, 0.1) is 12.1 Å². The number of carbonyl (C=O) groups excluding carboxylic acids is 2. The van der Waals surface area contributed by atoms with E-state index < -0.39 is 12.1 Å². The molecule has 1 saturated heterocycles. The monoisotopic (exact) mass is 506 g/mol. The number of ether oxygens (including phenoxy) is 1. The van der Waals surface area contributed by atoms with Crippen LogP contribution in [0.3, 0.4) is 0 Å². The van der Waals surface area contributed by atoms with Crippen molar-refractivity contribution in [1.82, 2.24) is 9.32 Å². The molecule has 0 bridgehead atoms. The summed E-state index contributed by atoms with van der Waals surface area (Å²) >= 11 is 5.50. The largest absolute Gasteiger partial charge is 0.399 e. The Hall–Kier alpha value is -2.85. The number of nitrogens with two attached hydrogens (primary N) is 4. The van der Waals surface area contributed by atoms with Crippen LogP contribution in [0.25, 0.3) is 0 Å². The normalized spacial score (nSPS) is 13.9. The second-order valence-corrected chi connectivity index (χ2v) is 8.99. The number of carbonyl (C=O) groups is 2. The molecule has 2 aromatic rings. The van der Waals surface area contributed by atoms with Crippen LogP contribution in [0.4, 0.5) is 11.4 Å². The Morgan fingerprint density at radius 3 is 1.60 bits per heavy atom. The van der Waals surface area contributed by atoms with Crippen molar-refractivity contribution < 1.29 is 14.3 Å². The lowest BCUT2D eigenvalue weighted by Crippen LogP contribution is -2.41. The maximum Gasteiger partial charge on any atom is 0.253 e. The highest BCUT2D eigenvalue weighted by Gasteiger charge is 2.17. The zero-order valence-electron chi connectivity index (χ0n) is 20.8. The van der Waals surface area contributed by atoms with Crippen LogP contribution in [-0.2, 0) is 27.2 Å². The molecule has 3 rings (SSSR count). The predicted molar refractivity (Wildman–Crippen MR) is 142 cm³/mol. The van der Waals surface area contributed by atoms with Crippen molar-refractivity contribution in [3.8, 4) is 0 Å². The minimum absolute atomic E-state index is 0.0718. The molecule has 0 saturated carbocycles. The topological polar surface area (TPSA) is 154 Å². The van der Waals surface area contributed by atoms with Crippen molar-refractivity contribution in [1.29, 1.82) is 0 Å². The van der Waals surface area contributed by atoms with Gasteiger partial charge in [-0.1, -0.05) is 24.3 Å². The lowest BCUT2D eigenvalue weighted by Gasteiger charge is -2.16. The predicted octanol–water partition coefficient (Wildman–Crippen LogP) is 1.77. The van der Waals surface area contributed by atoms with Gasteiger partial charge >= 0.3 is 0 Å². The van der Waals surface area contributed by atoms with Crippen LogP contribution >= 0.6 is 11.8 Å². The summed E-state index contributed by atoms with van der Waals surface area (Å²) in [5.74, 6) is -0.378. The molecule has 35 heavy (non-hydrogen) atoms. The second-order valence-electron chi connectivity index (χ2n) is 8.48. The lowest BCUT2D eigenvalue weighted by molar-refractivity contribution is -0.130. The molecule has 0 unspecified atom stereocenters. The van der Waals surface area contributed by atoms with Crippen molar-refractivity contribution in [2.45, 2.75) is 37.8 Å². The fraction of sp³-hybridized carbons (Fsp3) is 0.440. The van der Waals surface area contributed by atoms with Gasteiger partial charge in [0.25, 0.3) is 5.91 Å². The van der Waals surface area contributed by atoms with E-state index in [-0.39, 0.29) is 11.8 Å². The average molecular weight is 507 g/mol. The van der Waals surface area contributed by atoms with Crippen molar-refractivity contribution in [2.75, 3.05) is 45.8 Å². The molecule has 0 aliphatic carbocycles. The summed E-state index contributed by atoms with van der Waals surface area (Å²) in [5.41, 5.74) is 26.0. The molecule has 0 radical (unpaired) electrons. The number of anilines is 2. The number of hydrogen-bond acceptors (Lipinski definition) is 7. The van der Waals surface area contributed by atoms with Crippen LogP contribution in [-0.4, -0.2) is 67.6 Å². The fourth-order valence-electron chi connectivity index (χ4n) is 3.19. The average Bonchev–Trinajstić information content (AvgIpc) is 3.38. The summed E-state index contributed by atoms with van der Waals surface area (Å²) < 4.78 is 5.91. The molecule has 2 atom stereocenters. The van der Waals surface area contributed by atoms with Crippen LogP contribution in [0.15, 0.2) is 48.5 Å². The van der Waals surface area contributed by atoms with E-state index >= 15 is 0 Å². The van der Waals surface area contributed by atoms with Gasteiger partial charge in [0, 0.05) is 57.5 Å². The van der Waals surface area contributed by atoms with Gasteiger partial charge in [0.15, 0.2) is 0 Å². The smallest absolute Gasteiger partial charge is 0.253 e. The highest BCUT2D eigenvalue weighted by atomic mass is 35.5. The van der Waals surface area contributed by atoms with Crippen LogP contribution < -0.4 is 22.9 Å². The number of benzene rings is 2. The molecular formula is C25H39ClN6O3. The Bertz CT molecular complexity index is 844. The molecule has 2 amide bonds. The van der Waals surface area contributed by atoms with Gasteiger partial charge in [-0.15, -0.1) is 0 Å². The van der Waals surface area contributed by atoms with Gasteiger partial charge in [0.2, 0.25) is 5.91 Å². The first kappa shape index (κ1) is 30.2.